The lowest BCUT2D eigenvalue weighted by Gasteiger charge is -2.33. The fourth-order valence-corrected chi connectivity index (χ4v) is 3.74. The number of nitrogens with zero attached hydrogens (tertiary/aromatic N) is 2. The quantitative estimate of drug-likeness (QED) is 0.654. The number of nitriles is 1. The third-order valence-electron chi connectivity index (χ3n) is 5.36. The summed E-state index contributed by atoms with van der Waals surface area (Å²) >= 11 is 0. The molecular formula is C23H27FN4O2. The largest absolute Gasteiger partial charge is 0.390 e. The number of amides is 2. The van der Waals surface area contributed by atoms with E-state index in [1.807, 2.05) is 18.2 Å². The zero-order chi connectivity index (χ0) is 21.3. The average Bonchev–Trinajstić information content (AvgIpc) is 2.75. The Balaban J connectivity index is 1.34. The fourth-order valence-electron chi connectivity index (χ4n) is 3.74. The van der Waals surface area contributed by atoms with Crippen LogP contribution in [0.1, 0.15) is 24.0 Å². The third-order valence-corrected chi connectivity index (χ3v) is 5.36. The number of benzene rings is 2. The van der Waals surface area contributed by atoms with Crippen molar-refractivity contribution in [3.05, 3.63) is 65.5 Å². The summed E-state index contributed by atoms with van der Waals surface area (Å²) in [7, 11) is 0. The van der Waals surface area contributed by atoms with Crippen LogP contribution in [0.2, 0.25) is 0 Å². The van der Waals surface area contributed by atoms with E-state index in [9.17, 15) is 14.3 Å². The number of aliphatic hydroxyl groups is 1. The molecule has 0 unspecified atom stereocenters. The predicted octanol–water partition coefficient (Wildman–Crippen LogP) is 3.13. The number of urea groups is 1. The molecule has 7 heteroatoms. The molecule has 1 atom stereocenters. The Hall–Kier alpha value is -2.95. The molecule has 0 saturated carbocycles. The lowest BCUT2D eigenvalue weighted by molar-refractivity contribution is 0.0902. The predicted molar refractivity (Wildman–Crippen MR) is 113 cm³/mol. The number of rotatable bonds is 7. The second-order valence-corrected chi connectivity index (χ2v) is 7.76. The van der Waals surface area contributed by atoms with E-state index in [-0.39, 0.29) is 12.4 Å². The zero-order valence-corrected chi connectivity index (χ0v) is 16.9. The molecule has 158 valence electrons. The van der Waals surface area contributed by atoms with Gasteiger partial charge in [-0.15, -0.1) is 0 Å². The first-order valence-electron chi connectivity index (χ1n) is 10.2. The maximum absolute atomic E-state index is 13.0. The van der Waals surface area contributed by atoms with Crippen molar-refractivity contribution >= 4 is 11.7 Å². The minimum Gasteiger partial charge on any atom is -0.390 e. The molecule has 0 bridgehead atoms. The van der Waals surface area contributed by atoms with Gasteiger partial charge in [-0.25, -0.2) is 9.18 Å². The van der Waals surface area contributed by atoms with Crippen LogP contribution in [-0.2, 0) is 6.42 Å². The smallest absolute Gasteiger partial charge is 0.319 e. The molecular weight excluding hydrogens is 383 g/mol. The van der Waals surface area contributed by atoms with Gasteiger partial charge in [-0.2, -0.15) is 5.26 Å². The fraction of sp³-hybridized carbons (Fsp3) is 0.391. The summed E-state index contributed by atoms with van der Waals surface area (Å²) < 4.78 is 13.0. The third kappa shape index (κ3) is 6.83. The van der Waals surface area contributed by atoms with E-state index < -0.39 is 12.1 Å². The van der Waals surface area contributed by atoms with E-state index in [0.29, 0.717) is 23.7 Å². The van der Waals surface area contributed by atoms with Crippen molar-refractivity contribution in [2.45, 2.75) is 25.4 Å². The van der Waals surface area contributed by atoms with Gasteiger partial charge in [-0.3, -0.25) is 0 Å². The van der Waals surface area contributed by atoms with Crippen molar-refractivity contribution < 1.29 is 14.3 Å². The molecule has 1 fully saturated rings. The first-order valence-corrected chi connectivity index (χ1v) is 10.2. The van der Waals surface area contributed by atoms with Crippen LogP contribution >= 0.6 is 0 Å². The summed E-state index contributed by atoms with van der Waals surface area (Å²) in [5, 5.41) is 24.5. The van der Waals surface area contributed by atoms with Gasteiger partial charge in [0.2, 0.25) is 0 Å². The number of aliphatic hydroxyl groups excluding tert-OH is 1. The first kappa shape index (κ1) is 21.8. The number of β-amino-alcohol motifs (C(OH)–C–C–N with tert-alkyl or cyclic N) is 1. The van der Waals surface area contributed by atoms with Crippen LogP contribution in [-0.4, -0.2) is 48.3 Å². The summed E-state index contributed by atoms with van der Waals surface area (Å²) in [5.41, 5.74) is 2.16. The van der Waals surface area contributed by atoms with Crippen molar-refractivity contribution in [3.8, 4) is 6.07 Å². The monoisotopic (exact) mass is 410 g/mol. The Morgan fingerprint density at radius 1 is 1.23 bits per heavy atom. The van der Waals surface area contributed by atoms with Crippen LogP contribution in [0.5, 0.6) is 0 Å². The number of nitrogens with one attached hydrogen (secondary N) is 2. The molecule has 0 aromatic heterocycles. The summed E-state index contributed by atoms with van der Waals surface area (Å²) in [5.74, 6) is 0.359. The van der Waals surface area contributed by atoms with E-state index in [1.165, 1.54) is 12.1 Å². The SMILES string of the molecule is N#Cc1cccc(NC(=O)NC[C@@H](O)CN2CCC(Cc3ccc(F)cc3)CC2)c1. The topological polar surface area (TPSA) is 88.4 Å². The lowest BCUT2D eigenvalue weighted by Crippen LogP contribution is -2.44. The molecule has 2 aromatic carbocycles. The number of piperidine rings is 1. The van der Waals surface area contributed by atoms with Gasteiger partial charge >= 0.3 is 6.03 Å². The minimum absolute atomic E-state index is 0.152. The van der Waals surface area contributed by atoms with E-state index in [1.54, 1.807) is 24.3 Å². The normalized spacial score (nSPS) is 15.9. The maximum Gasteiger partial charge on any atom is 0.319 e. The highest BCUT2D eigenvalue weighted by Gasteiger charge is 2.21. The molecule has 30 heavy (non-hydrogen) atoms. The number of carbonyl (C=O) groups excluding carboxylic acids is 1. The van der Waals surface area contributed by atoms with Gasteiger partial charge in [0.1, 0.15) is 5.82 Å². The Labute approximate surface area is 176 Å². The van der Waals surface area contributed by atoms with Gasteiger partial charge < -0.3 is 20.6 Å². The van der Waals surface area contributed by atoms with Gasteiger partial charge in [0.15, 0.2) is 0 Å². The summed E-state index contributed by atoms with van der Waals surface area (Å²) in [4.78, 5) is 14.2. The molecule has 3 N–H and O–H groups in total. The highest BCUT2D eigenvalue weighted by Crippen LogP contribution is 2.22. The van der Waals surface area contributed by atoms with E-state index >= 15 is 0 Å². The van der Waals surface area contributed by atoms with Gasteiger partial charge in [0, 0.05) is 18.8 Å². The zero-order valence-electron chi connectivity index (χ0n) is 16.9. The molecule has 2 aromatic rings. The summed E-state index contributed by atoms with van der Waals surface area (Å²) in [6.07, 6.45) is 2.36. The number of likely N-dealkylation sites (tertiary alicyclic amines) is 1. The van der Waals surface area contributed by atoms with Crippen LogP contribution in [0, 0.1) is 23.1 Å². The molecule has 1 saturated heterocycles. The summed E-state index contributed by atoms with van der Waals surface area (Å²) in [6.45, 7) is 2.46. The van der Waals surface area contributed by atoms with Gasteiger partial charge in [-0.05, 0) is 74.2 Å². The van der Waals surface area contributed by atoms with Crippen molar-refractivity contribution in [3.63, 3.8) is 0 Å². The number of halogens is 1. The maximum atomic E-state index is 13.0. The van der Waals surface area contributed by atoms with Gasteiger partial charge in [0.25, 0.3) is 0 Å². The number of hydrogen-bond donors (Lipinski definition) is 3. The number of hydrogen-bond acceptors (Lipinski definition) is 4. The second-order valence-electron chi connectivity index (χ2n) is 7.76. The molecule has 1 aliphatic heterocycles. The molecule has 6 nitrogen and oxygen atoms in total. The second kappa shape index (κ2) is 10.7. The number of anilines is 1. The lowest BCUT2D eigenvalue weighted by atomic mass is 9.90. The minimum atomic E-state index is -0.658. The Morgan fingerprint density at radius 3 is 2.67 bits per heavy atom. The Bertz CT molecular complexity index is 874. The number of carbonyl (C=O) groups is 1. The highest BCUT2D eigenvalue weighted by molar-refractivity contribution is 5.89. The van der Waals surface area contributed by atoms with Gasteiger partial charge in [-0.1, -0.05) is 18.2 Å². The van der Waals surface area contributed by atoms with Crippen LogP contribution in [0.4, 0.5) is 14.9 Å². The van der Waals surface area contributed by atoms with Crippen molar-refractivity contribution in [2.75, 3.05) is 31.5 Å². The molecule has 0 radical (unpaired) electrons. The Morgan fingerprint density at radius 2 is 1.97 bits per heavy atom. The van der Waals surface area contributed by atoms with Crippen LogP contribution in [0.3, 0.4) is 0 Å². The molecule has 1 heterocycles. The Kier molecular flexibility index (Phi) is 7.77. The molecule has 2 amide bonds. The highest BCUT2D eigenvalue weighted by atomic mass is 19.1. The molecule has 3 rings (SSSR count). The van der Waals surface area contributed by atoms with Crippen molar-refractivity contribution in [1.29, 1.82) is 5.26 Å². The standard InChI is InChI=1S/C23H27FN4O2/c24-20-6-4-17(5-7-20)12-18-8-10-28(11-9-18)16-22(29)15-26-23(30)27-21-3-1-2-19(13-21)14-25/h1-7,13,18,22,29H,8-12,15-16H2,(H2,26,27,30)/t22-/m1/s1. The summed E-state index contributed by atoms with van der Waals surface area (Å²) in [6, 6.07) is 15.0. The van der Waals surface area contributed by atoms with Crippen LogP contribution < -0.4 is 10.6 Å². The van der Waals surface area contributed by atoms with Crippen molar-refractivity contribution in [2.24, 2.45) is 5.92 Å². The average molecular weight is 410 g/mol. The molecule has 1 aliphatic rings. The van der Waals surface area contributed by atoms with E-state index in [2.05, 4.69) is 15.5 Å². The molecule has 0 spiro atoms. The van der Waals surface area contributed by atoms with Crippen LogP contribution in [0.15, 0.2) is 48.5 Å². The molecule has 0 aliphatic carbocycles. The first-order chi connectivity index (χ1) is 14.5. The van der Waals surface area contributed by atoms with Gasteiger partial charge in [0.05, 0.1) is 17.7 Å². The van der Waals surface area contributed by atoms with E-state index in [4.69, 9.17) is 5.26 Å². The van der Waals surface area contributed by atoms with Crippen molar-refractivity contribution in [1.82, 2.24) is 10.2 Å². The van der Waals surface area contributed by atoms with E-state index in [0.717, 1.165) is 37.9 Å². The van der Waals surface area contributed by atoms with Crippen LogP contribution in [0.25, 0.3) is 0 Å².